The molecule has 0 saturated carbocycles. The van der Waals surface area contributed by atoms with E-state index in [1.165, 1.54) is 48.5 Å². The van der Waals surface area contributed by atoms with Gasteiger partial charge in [0.25, 0.3) is 5.69 Å². The van der Waals surface area contributed by atoms with Gasteiger partial charge in [-0.2, -0.15) is 5.26 Å². The first-order chi connectivity index (χ1) is 10.0. The number of halogens is 1. The summed E-state index contributed by atoms with van der Waals surface area (Å²) in [6, 6.07) is 12.1. The Bertz CT molecular complexity index is 761. The molecule has 0 heterocycles. The van der Waals surface area contributed by atoms with E-state index in [9.17, 15) is 20.5 Å². The second kappa shape index (κ2) is 6.07. The summed E-state index contributed by atoms with van der Waals surface area (Å²) in [6.07, 6.45) is 1.47. The van der Waals surface area contributed by atoms with Crippen molar-refractivity contribution in [1.29, 1.82) is 5.26 Å². The zero-order valence-corrected chi connectivity index (χ0v) is 11.4. The van der Waals surface area contributed by atoms with Crippen molar-refractivity contribution in [3.63, 3.8) is 0 Å². The van der Waals surface area contributed by atoms with E-state index >= 15 is 0 Å². The molecule has 0 bridgehead atoms. The van der Waals surface area contributed by atoms with Crippen LogP contribution >= 0.6 is 11.6 Å². The predicted molar refractivity (Wildman–Crippen MR) is 79.7 cm³/mol. The SMILES string of the molecule is N#C/C(=C\c1cc(Cl)ccc1O)c1ccc([N+](=O)[O-])cc1. The minimum absolute atomic E-state index is 0.00550. The van der Waals surface area contributed by atoms with Crippen LogP contribution in [-0.4, -0.2) is 10.0 Å². The topological polar surface area (TPSA) is 87.2 Å². The van der Waals surface area contributed by atoms with E-state index in [2.05, 4.69) is 0 Å². The van der Waals surface area contributed by atoms with E-state index in [4.69, 9.17) is 11.6 Å². The van der Waals surface area contributed by atoms with E-state index in [1.54, 1.807) is 0 Å². The van der Waals surface area contributed by atoms with Crippen LogP contribution in [0.1, 0.15) is 11.1 Å². The van der Waals surface area contributed by atoms with Gasteiger partial charge in [-0.1, -0.05) is 11.6 Å². The number of non-ortho nitro benzene ring substituents is 1. The Kier molecular flexibility index (Phi) is 4.21. The number of benzene rings is 2. The van der Waals surface area contributed by atoms with Gasteiger partial charge in [-0.25, -0.2) is 0 Å². The third-order valence-corrected chi connectivity index (χ3v) is 3.03. The van der Waals surface area contributed by atoms with Crippen LogP contribution < -0.4 is 0 Å². The van der Waals surface area contributed by atoms with Gasteiger partial charge in [-0.15, -0.1) is 0 Å². The van der Waals surface area contributed by atoms with Crippen molar-refractivity contribution in [3.05, 3.63) is 68.7 Å². The van der Waals surface area contributed by atoms with Crippen molar-refractivity contribution in [3.8, 4) is 11.8 Å². The van der Waals surface area contributed by atoms with Crippen LogP contribution in [0.2, 0.25) is 5.02 Å². The van der Waals surface area contributed by atoms with Crippen LogP contribution in [0, 0.1) is 21.4 Å². The number of rotatable bonds is 3. The molecule has 0 amide bonds. The molecule has 5 nitrogen and oxygen atoms in total. The standard InChI is InChI=1S/C15H9ClN2O3/c16-13-3-6-15(19)11(8-13)7-12(9-17)10-1-4-14(5-2-10)18(20)21/h1-8,19H/b12-7+. The fourth-order valence-electron chi connectivity index (χ4n) is 1.74. The summed E-state index contributed by atoms with van der Waals surface area (Å²) in [7, 11) is 0. The first-order valence-electron chi connectivity index (χ1n) is 5.86. The molecule has 6 heteroatoms. The van der Waals surface area contributed by atoms with Gasteiger partial charge in [-0.05, 0) is 42.0 Å². The molecule has 0 aliphatic rings. The number of nitro groups is 1. The molecule has 0 aliphatic heterocycles. The van der Waals surface area contributed by atoms with Gasteiger partial charge in [0.05, 0.1) is 16.6 Å². The smallest absolute Gasteiger partial charge is 0.269 e. The average Bonchev–Trinajstić information content (AvgIpc) is 2.48. The summed E-state index contributed by atoms with van der Waals surface area (Å²) >= 11 is 5.85. The van der Waals surface area contributed by atoms with E-state index in [0.717, 1.165) is 0 Å². The molecule has 0 saturated heterocycles. The Morgan fingerprint density at radius 3 is 2.52 bits per heavy atom. The summed E-state index contributed by atoms with van der Waals surface area (Å²) in [5.41, 5.74) is 1.13. The number of nitrogens with zero attached hydrogens (tertiary/aromatic N) is 2. The first kappa shape index (κ1) is 14.6. The van der Waals surface area contributed by atoms with Crippen molar-refractivity contribution in [2.75, 3.05) is 0 Å². The molecule has 2 aromatic rings. The van der Waals surface area contributed by atoms with Crippen LogP contribution in [0.5, 0.6) is 5.75 Å². The molecule has 0 fully saturated rings. The van der Waals surface area contributed by atoms with Gasteiger partial charge in [0, 0.05) is 22.7 Å². The quantitative estimate of drug-likeness (QED) is 0.401. The molecule has 0 atom stereocenters. The Labute approximate surface area is 125 Å². The fourth-order valence-corrected chi connectivity index (χ4v) is 1.92. The predicted octanol–water partition coefficient (Wildman–Crippen LogP) is 4.02. The molecule has 0 unspecified atom stereocenters. The minimum atomic E-state index is -0.512. The van der Waals surface area contributed by atoms with Crippen LogP contribution in [0.15, 0.2) is 42.5 Å². The molecule has 2 aromatic carbocycles. The van der Waals surface area contributed by atoms with E-state index in [0.29, 0.717) is 16.1 Å². The Morgan fingerprint density at radius 1 is 1.29 bits per heavy atom. The maximum absolute atomic E-state index is 10.6. The minimum Gasteiger partial charge on any atom is -0.507 e. The van der Waals surface area contributed by atoms with Crippen molar-refractivity contribution in [1.82, 2.24) is 0 Å². The lowest BCUT2D eigenvalue weighted by atomic mass is 10.0. The number of phenols is 1. The van der Waals surface area contributed by atoms with Crippen LogP contribution in [-0.2, 0) is 0 Å². The maximum Gasteiger partial charge on any atom is 0.269 e. The number of phenolic OH excluding ortho intramolecular Hbond substituents is 1. The molecule has 104 valence electrons. The highest BCUT2D eigenvalue weighted by Gasteiger charge is 2.08. The van der Waals surface area contributed by atoms with Crippen LogP contribution in [0.4, 0.5) is 5.69 Å². The summed E-state index contributed by atoms with van der Waals surface area (Å²) in [5.74, 6) is -0.00550. The Hall–Kier alpha value is -2.84. The van der Waals surface area contributed by atoms with Gasteiger partial charge in [0.1, 0.15) is 5.75 Å². The van der Waals surface area contributed by atoms with Crippen LogP contribution in [0.25, 0.3) is 11.6 Å². The van der Waals surface area contributed by atoms with E-state index in [1.807, 2.05) is 6.07 Å². The highest BCUT2D eigenvalue weighted by Crippen LogP contribution is 2.27. The number of nitriles is 1. The summed E-state index contributed by atoms with van der Waals surface area (Å²) < 4.78 is 0. The number of hydrogen-bond acceptors (Lipinski definition) is 4. The molecule has 0 spiro atoms. The molecule has 0 aromatic heterocycles. The van der Waals surface area contributed by atoms with Gasteiger partial charge in [-0.3, -0.25) is 10.1 Å². The third kappa shape index (κ3) is 3.38. The van der Waals surface area contributed by atoms with E-state index in [-0.39, 0.29) is 17.0 Å². The normalized spacial score (nSPS) is 11.0. The van der Waals surface area contributed by atoms with Gasteiger partial charge < -0.3 is 5.11 Å². The average molecular weight is 301 g/mol. The zero-order valence-electron chi connectivity index (χ0n) is 10.7. The lowest BCUT2D eigenvalue weighted by molar-refractivity contribution is -0.384. The second-order valence-electron chi connectivity index (χ2n) is 4.18. The van der Waals surface area contributed by atoms with Crippen molar-refractivity contribution in [2.24, 2.45) is 0 Å². The zero-order chi connectivity index (χ0) is 15.4. The summed E-state index contributed by atoms with van der Waals surface area (Å²) in [4.78, 5) is 10.1. The second-order valence-corrected chi connectivity index (χ2v) is 4.61. The maximum atomic E-state index is 10.6. The molecular weight excluding hydrogens is 292 g/mol. The molecule has 2 rings (SSSR count). The van der Waals surface area contributed by atoms with E-state index < -0.39 is 4.92 Å². The van der Waals surface area contributed by atoms with Crippen molar-refractivity contribution >= 4 is 28.9 Å². The lowest BCUT2D eigenvalue weighted by Crippen LogP contribution is -1.88. The third-order valence-electron chi connectivity index (χ3n) is 2.80. The molecule has 0 radical (unpaired) electrons. The molecule has 21 heavy (non-hydrogen) atoms. The monoisotopic (exact) mass is 300 g/mol. The number of allylic oxidation sites excluding steroid dienone is 1. The first-order valence-corrected chi connectivity index (χ1v) is 6.24. The summed E-state index contributed by atoms with van der Waals surface area (Å²) in [6.45, 7) is 0. The fraction of sp³-hybridized carbons (Fsp3) is 0. The van der Waals surface area contributed by atoms with Gasteiger partial charge in [0.15, 0.2) is 0 Å². The number of nitro benzene ring substituents is 1. The van der Waals surface area contributed by atoms with Gasteiger partial charge >= 0.3 is 0 Å². The highest BCUT2D eigenvalue weighted by atomic mass is 35.5. The molecular formula is C15H9ClN2O3. The van der Waals surface area contributed by atoms with Crippen molar-refractivity contribution < 1.29 is 10.0 Å². The van der Waals surface area contributed by atoms with Crippen LogP contribution in [0.3, 0.4) is 0 Å². The largest absolute Gasteiger partial charge is 0.507 e. The number of aromatic hydroxyl groups is 1. The lowest BCUT2D eigenvalue weighted by Gasteiger charge is -2.02. The molecule has 1 N–H and O–H groups in total. The van der Waals surface area contributed by atoms with Gasteiger partial charge in [0.2, 0.25) is 0 Å². The Balaban J connectivity index is 2.44. The molecule has 0 aliphatic carbocycles. The summed E-state index contributed by atoms with van der Waals surface area (Å²) in [5, 5.41) is 30.0. The van der Waals surface area contributed by atoms with Crippen molar-refractivity contribution in [2.45, 2.75) is 0 Å². The Morgan fingerprint density at radius 2 is 1.95 bits per heavy atom. The number of hydrogen-bond donors (Lipinski definition) is 1. The highest BCUT2D eigenvalue weighted by molar-refractivity contribution is 6.30.